The van der Waals surface area contributed by atoms with Gasteiger partial charge in [0.1, 0.15) is 6.61 Å². The molecule has 352 valence electrons. The molecular weight excluding hydrogens is 729 g/mol. The summed E-state index contributed by atoms with van der Waals surface area (Å²) in [5.74, 6) is -0.564. The monoisotopic (exact) mass is 835 g/mol. The number of esters is 2. The number of unbranched alkanes of at least 4 members (excludes halogenated alkanes) is 43. The number of rotatable bonds is 51. The van der Waals surface area contributed by atoms with E-state index in [2.05, 4.69) is 13.8 Å². The molecule has 0 aromatic rings. The molecule has 0 aliphatic heterocycles. The summed E-state index contributed by atoms with van der Waals surface area (Å²) in [5, 5.41) is 9.64. The van der Waals surface area contributed by atoms with Crippen molar-refractivity contribution in [1.82, 2.24) is 0 Å². The molecule has 1 N–H and O–H groups in total. The van der Waals surface area contributed by atoms with Gasteiger partial charge in [0.25, 0.3) is 0 Å². The Morgan fingerprint density at radius 2 is 0.525 bits per heavy atom. The van der Waals surface area contributed by atoms with Gasteiger partial charge in [0.2, 0.25) is 0 Å². The van der Waals surface area contributed by atoms with Crippen molar-refractivity contribution in [1.29, 1.82) is 0 Å². The van der Waals surface area contributed by atoms with Crippen LogP contribution in [0.2, 0.25) is 0 Å². The van der Waals surface area contributed by atoms with Crippen LogP contribution in [0.5, 0.6) is 0 Å². The third-order valence-electron chi connectivity index (χ3n) is 12.7. The number of ether oxygens (including phenoxy) is 2. The zero-order valence-corrected chi connectivity index (χ0v) is 40.3. The summed E-state index contributed by atoms with van der Waals surface area (Å²) in [7, 11) is 0. The Morgan fingerprint density at radius 1 is 0.322 bits per heavy atom. The van der Waals surface area contributed by atoms with E-state index in [9.17, 15) is 14.7 Å². The van der Waals surface area contributed by atoms with Gasteiger partial charge in [0, 0.05) is 12.8 Å². The number of carbonyl (C=O) groups is 2. The van der Waals surface area contributed by atoms with Crippen LogP contribution in [0.15, 0.2) is 0 Å². The smallest absolute Gasteiger partial charge is 0.306 e. The fraction of sp³-hybridized carbons (Fsp3) is 0.963. The molecule has 0 spiro atoms. The van der Waals surface area contributed by atoms with E-state index in [4.69, 9.17) is 9.47 Å². The van der Waals surface area contributed by atoms with Gasteiger partial charge in [0.15, 0.2) is 6.10 Å². The molecule has 0 aliphatic rings. The van der Waals surface area contributed by atoms with E-state index in [1.165, 1.54) is 257 Å². The molecule has 0 saturated heterocycles. The summed E-state index contributed by atoms with van der Waals surface area (Å²) in [4.78, 5) is 24.5. The van der Waals surface area contributed by atoms with Crippen LogP contribution in [0.1, 0.15) is 316 Å². The lowest BCUT2D eigenvalue weighted by molar-refractivity contribution is -0.161. The molecule has 59 heavy (non-hydrogen) atoms. The summed E-state index contributed by atoms with van der Waals surface area (Å²) in [5.41, 5.74) is 0. The van der Waals surface area contributed by atoms with Crippen molar-refractivity contribution in [3.63, 3.8) is 0 Å². The van der Waals surface area contributed by atoms with Crippen molar-refractivity contribution in [2.75, 3.05) is 13.2 Å². The molecule has 0 fully saturated rings. The lowest BCUT2D eigenvalue weighted by Gasteiger charge is -2.15. The molecule has 0 aromatic heterocycles. The van der Waals surface area contributed by atoms with Gasteiger partial charge < -0.3 is 14.6 Å². The highest BCUT2D eigenvalue weighted by atomic mass is 16.6. The van der Waals surface area contributed by atoms with Gasteiger partial charge in [-0.25, -0.2) is 0 Å². The summed E-state index contributed by atoms with van der Waals surface area (Å²) in [6.45, 7) is 4.21. The van der Waals surface area contributed by atoms with Crippen molar-refractivity contribution in [2.24, 2.45) is 0 Å². The van der Waals surface area contributed by atoms with Gasteiger partial charge in [-0.15, -0.1) is 0 Å². The maximum atomic E-state index is 12.3. The lowest BCUT2D eigenvalue weighted by Crippen LogP contribution is -2.28. The van der Waals surface area contributed by atoms with Crippen molar-refractivity contribution in [3.8, 4) is 0 Å². The van der Waals surface area contributed by atoms with E-state index in [1.807, 2.05) is 0 Å². The van der Waals surface area contributed by atoms with Gasteiger partial charge in [-0.1, -0.05) is 290 Å². The molecule has 5 heteroatoms. The Hall–Kier alpha value is -1.10. The summed E-state index contributed by atoms with van der Waals surface area (Å²) >= 11 is 0. The number of carbonyl (C=O) groups excluding carboxylic acids is 2. The Labute approximate surface area is 369 Å². The Kier molecular flexibility index (Phi) is 50.3. The highest BCUT2D eigenvalue weighted by molar-refractivity contribution is 5.70. The van der Waals surface area contributed by atoms with Gasteiger partial charge in [-0.05, 0) is 12.8 Å². The van der Waals surface area contributed by atoms with Crippen LogP contribution in [0, 0.1) is 0 Å². The van der Waals surface area contributed by atoms with Crippen LogP contribution in [-0.4, -0.2) is 36.4 Å². The Morgan fingerprint density at radius 3 is 0.746 bits per heavy atom. The highest BCUT2D eigenvalue weighted by Gasteiger charge is 2.16. The Bertz CT molecular complexity index is 815. The number of hydrogen-bond donors (Lipinski definition) is 1. The van der Waals surface area contributed by atoms with Crippen LogP contribution in [-0.2, 0) is 19.1 Å². The molecule has 0 heterocycles. The SMILES string of the molecule is CCCCCCCCCCCCCCCCCCCCCCCCCC(=O)OC(CO)COC(=O)CCCCCCCCCCCCCCCCCCCCCCCC. The molecule has 0 aromatic carbocycles. The number of aliphatic hydroxyl groups is 1. The third kappa shape index (κ3) is 49.4. The quantitative estimate of drug-likeness (QED) is 0.0488. The van der Waals surface area contributed by atoms with Crippen LogP contribution >= 0.6 is 0 Å². The van der Waals surface area contributed by atoms with E-state index in [0.717, 1.165) is 32.1 Å². The summed E-state index contributed by atoms with van der Waals surface area (Å²) in [6.07, 6.45) is 60.7. The van der Waals surface area contributed by atoms with E-state index in [1.54, 1.807) is 0 Å². The molecule has 1 unspecified atom stereocenters. The first-order chi connectivity index (χ1) is 29.1. The van der Waals surface area contributed by atoms with Crippen LogP contribution in [0.3, 0.4) is 0 Å². The number of aliphatic hydroxyl groups excluding tert-OH is 1. The molecule has 0 radical (unpaired) electrons. The standard InChI is InChI=1S/C54H106O5/c1-3-5-7-9-11-13-15-17-19-21-23-25-27-29-31-33-35-37-39-41-43-45-47-49-54(57)59-52(50-55)51-58-53(56)48-46-44-42-40-38-36-34-32-30-28-26-24-22-20-18-16-14-12-10-8-6-4-2/h52,55H,3-51H2,1-2H3. The molecular formula is C54H106O5. The van der Waals surface area contributed by atoms with Crippen LogP contribution in [0.4, 0.5) is 0 Å². The van der Waals surface area contributed by atoms with Gasteiger partial charge in [-0.2, -0.15) is 0 Å². The molecule has 0 bridgehead atoms. The topological polar surface area (TPSA) is 72.8 Å². The van der Waals surface area contributed by atoms with Crippen LogP contribution < -0.4 is 0 Å². The first-order valence-corrected chi connectivity index (χ1v) is 27.1. The molecule has 0 rings (SSSR count). The summed E-state index contributed by atoms with van der Waals surface area (Å²) < 4.78 is 10.7. The van der Waals surface area contributed by atoms with Crippen LogP contribution in [0.25, 0.3) is 0 Å². The average Bonchev–Trinajstić information content (AvgIpc) is 3.24. The number of hydrogen-bond acceptors (Lipinski definition) is 5. The average molecular weight is 835 g/mol. The normalized spacial score (nSPS) is 12.0. The predicted molar refractivity (Wildman–Crippen MR) is 256 cm³/mol. The molecule has 0 aliphatic carbocycles. The zero-order valence-electron chi connectivity index (χ0n) is 40.3. The van der Waals surface area contributed by atoms with Gasteiger partial charge in [0.05, 0.1) is 6.61 Å². The maximum absolute atomic E-state index is 12.3. The van der Waals surface area contributed by atoms with Crippen molar-refractivity contribution >= 4 is 11.9 Å². The predicted octanol–water partition coefficient (Wildman–Crippen LogP) is 17.8. The molecule has 0 amide bonds. The fourth-order valence-corrected chi connectivity index (χ4v) is 8.56. The highest BCUT2D eigenvalue weighted by Crippen LogP contribution is 2.18. The van der Waals surface area contributed by atoms with E-state index < -0.39 is 6.10 Å². The minimum absolute atomic E-state index is 0.0558. The molecule has 0 saturated carbocycles. The van der Waals surface area contributed by atoms with Gasteiger partial charge in [-0.3, -0.25) is 9.59 Å². The first kappa shape index (κ1) is 57.9. The second-order valence-corrected chi connectivity index (χ2v) is 18.7. The minimum Gasteiger partial charge on any atom is -0.462 e. The largest absolute Gasteiger partial charge is 0.462 e. The fourth-order valence-electron chi connectivity index (χ4n) is 8.56. The zero-order chi connectivity index (χ0) is 42.8. The lowest BCUT2D eigenvalue weighted by atomic mass is 10.0. The van der Waals surface area contributed by atoms with Crippen molar-refractivity contribution < 1.29 is 24.2 Å². The second kappa shape index (κ2) is 51.3. The van der Waals surface area contributed by atoms with E-state index >= 15 is 0 Å². The maximum Gasteiger partial charge on any atom is 0.306 e. The van der Waals surface area contributed by atoms with E-state index in [-0.39, 0.29) is 25.2 Å². The van der Waals surface area contributed by atoms with Gasteiger partial charge >= 0.3 is 11.9 Å². The van der Waals surface area contributed by atoms with Crippen molar-refractivity contribution in [2.45, 2.75) is 322 Å². The summed E-state index contributed by atoms with van der Waals surface area (Å²) in [6, 6.07) is 0. The molecule has 5 nitrogen and oxygen atoms in total. The first-order valence-electron chi connectivity index (χ1n) is 27.1. The minimum atomic E-state index is -0.763. The third-order valence-corrected chi connectivity index (χ3v) is 12.7. The van der Waals surface area contributed by atoms with E-state index in [0.29, 0.717) is 12.8 Å². The van der Waals surface area contributed by atoms with Crippen molar-refractivity contribution in [3.05, 3.63) is 0 Å². The molecule has 1 atom stereocenters. The second-order valence-electron chi connectivity index (χ2n) is 18.7. The Balaban J connectivity index is 3.41.